The second-order valence-electron chi connectivity index (χ2n) is 5.11. The average Bonchev–Trinajstić information content (AvgIpc) is 2.63. The van der Waals surface area contributed by atoms with Crippen LogP contribution in [0.25, 0.3) is 0 Å². The zero-order valence-electron chi connectivity index (χ0n) is 15.7. The molecule has 0 spiro atoms. The lowest BCUT2D eigenvalue weighted by Crippen LogP contribution is -2.08. The Balaban J connectivity index is 3.04. The SMILES string of the molecule is CCCCOCCOCCOP=NPOCCOCCOCCCC. The largest absolute Gasteiger partial charge is 0.379 e. The van der Waals surface area contributed by atoms with Gasteiger partial charge in [0.25, 0.3) is 0 Å². The van der Waals surface area contributed by atoms with Crippen molar-refractivity contribution in [3.8, 4) is 0 Å². The van der Waals surface area contributed by atoms with Crippen LogP contribution in [0.2, 0.25) is 0 Å². The van der Waals surface area contributed by atoms with E-state index >= 15 is 0 Å². The van der Waals surface area contributed by atoms with Gasteiger partial charge in [-0.25, -0.2) is 0 Å². The third-order valence-electron chi connectivity index (χ3n) is 2.88. The van der Waals surface area contributed by atoms with Crippen molar-refractivity contribution in [2.24, 2.45) is 4.52 Å². The molecular weight excluding hydrogens is 364 g/mol. The van der Waals surface area contributed by atoms with Gasteiger partial charge < -0.3 is 28.0 Å². The Hall–Kier alpha value is 0.290. The molecule has 0 aromatic carbocycles. The van der Waals surface area contributed by atoms with Gasteiger partial charge in [0.1, 0.15) is 8.96 Å². The van der Waals surface area contributed by atoms with Crippen LogP contribution >= 0.6 is 17.6 Å². The van der Waals surface area contributed by atoms with Crippen LogP contribution < -0.4 is 0 Å². The van der Waals surface area contributed by atoms with Crippen molar-refractivity contribution in [1.82, 2.24) is 0 Å². The first kappa shape index (κ1) is 25.3. The fourth-order valence-corrected chi connectivity index (χ4v) is 2.42. The van der Waals surface area contributed by atoms with Crippen LogP contribution in [0.5, 0.6) is 0 Å². The fourth-order valence-electron chi connectivity index (χ4n) is 1.49. The standard InChI is InChI=1S/C16H35NO6P2/c1-3-5-7-18-9-11-20-13-15-22-24-17-25-23-16-14-21-12-10-19-8-6-4-2/h24H,3-16H2,1-2H3. The van der Waals surface area contributed by atoms with Crippen LogP contribution in [0.3, 0.4) is 0 Å². The van der Waals surface area contributed by atoms with Gasteiger partial charge in [-0.15, -0.1) is 0 Å². The van der Waals surface area contributed by atoms with Crippen LogP contribution in [0.4, 0.5) is 0 Å². The average molecular weight is 399 g/mol. The fraction of sp³-hybridized carbons (Fsp3) is 1.00. The molecule has 0 saturated carbocycles. The highest BCUT2D eigenvalue weighted by molar-refractivity contribution is 7.39. The van der Waals surface area contributed by atoms with E-state index in [-0.39, 0.29) is 8.96 Å². The number of rotatable bonds is 21. The van der Waals surface area contributed by atoms with Gasteiger partial charge >= 0.3 is 0 Å². The maximum absolute atomic E-state index is 5.39. The predicted molar refractivity (Wildman–Crippen MR) is 103 cm³/mol. The monoisotopic (exact) mass is 399 g/mol. The number of nitrogens with zero attached hydrogens (tertiary/aromatic N) is 1. The summed E-state index contributed by atoms with van der Waals surface area (Å²) >= 11 is 0. The molecule has 0 aromatic rings. The Kier molecular flexibility index (Phi) is 24.6. The van der Waals surface area contributed by atoms with Gasteiger partial charge in [0.05, 0.1) is 52.9 Å². The van der Waals surface area contributed by atoms with Gasteiger partial charge in [-0.1, -0.05) is 26.7 Å². The van der Waals surface area contributed by atoms with Crippen LogP contribution in [0.1, 0.15) is 39.5 Å². The molecule has 0 N–H and O–H groups in total. The summed E-state index contributed by atoms with van der Waals surface area (Å²) in [7, 11) is 0.644. The van der Waals surface area contributed by atoms with Crippen molar-refractivity contribution >= 4 is 17.6 Å². The molecule has 0 amide bonds. The highest BCUT2D eigenvalue weighted by Gasteiger charge is 1.92. The first-order chi connectivity index (χ1) is 12.4. The minimum Gasteiger partial charge on any atom is -0.379 e. The zero-order valence-corrected chi connectivity index (χ0v) is 17.6. The molecule has 0 radical (unpaired) electrons. The molecule has 0 bridgehead atoms. The molecule has 0 rings (SSSR count). The lowest BCUT2D eigenvalue weighted by molar-refractivity contribution is 0.0371. The lowest BCUT2D eigenvalue weighted by atomic mass is 10.4. The van der Waals surface area contributed by atoms with E-state index in [0.29, 0.717) is 61.5 Å². The zero-order chi connectivity index (χ0) is 18.3. The third-order valence-corrected chi connectivity index (χ3v) is 4.17. The molecule has 25 heavy (non-hydrogen) atoms. The van der Waals surface area contributed by atoms with Crippen molar-refractivity contribution in [3.63, 3.8) is 0 Å². The minimum absolute atomic E-state index is 0.0717. The Morgan fingerprint density at radius 3 is 1.68 bits per heavy atom. The van der Waals surface area contributed by atoms with Crippen molar-refractivity contribution in [3.05, 3.63) is 0 Å². The molecule has 0 saturated heterocycles. The third kappa shape index (κ3) is 24.3. The van der Waals surface area contributed by atoms with Gasteiger partial charge in [-0.3, -0.25) is 0 Å². The van der Waals surface area contributed by atoms with Crippen molar-refractivity contribution in [2.75, 3.05) is 66.1 Å². The molecule has 9 heteroatoms. The van der Waals surface area contributed by atoms with E-state index in [0.717, 1.165) is 38.9 Å². The first-order valence-electron chi connectivity index (χ1n) is 9.11. The number of ether oxygens (including phenoxy) is 4. The number of hydrogen-bond acceptors (Lipinski definition) is 7. The van der Waals surface area contributed by atoms with E-state index < -0.39 is 0 Å². The summed E-state index contributed by atoms with van der Waals surface area (Å²) in [6.07, 6.45) is 4.52. The molecule has 0 aromatic heterocycles. The first-order valence-corrected chi connectivity index (χ1v) is 10.7. The molecule has 0 aliphatic heterocycles. The topological polar surface area (TPSA) is 67.7 Å². The quantitative estimate of drug-likeness (QED) is 0.212. The Morgan fingerprint density at radius 1 is 0.640 bits per heavy atom. The van der Waals surface area contributed by atoms with Crippen LogP contribution in [0, 0.1) is 0 Å². The van der Waals surface area contributed by atoms with Crippen LogP contribution in [-0.2, 0) is 28.0 Å². The number of unbranched alkanes of at least 4 members (excludes halogenated alkanes) is 2. The summed E-state index contributed by atoms with van der Waals surface area (Å²) in [6, 6.07) is 0. The Bertz CT molecular complexity index is 275. The van der Waals surface area contributed by atoms with E-state index in [1.54, 1.807) is 0 Å². The summed E-state index contributed by atoms with van der Waals surface area (Å²) in [4.78, 5) is 0. The van der Waals surface area contributed by atoms with Gasteiger partial charge in [0.2, 0.25) is 0 Å². The van der Waals surface area contributed by atoms with Gasteiger partial charge in [0.15, 0.2) is 8.60 Å². The second kappa shape index (κ2) is 24.3. The van der Waals surface area contributed by atoms with Crippen molar-refractivity contribution in [1.29, 1.82) is 0 Å². The summed E-state index contributed by atoms with van der Waals surface area (Å²) in [5.41, 5.74) is 0. The summed E-state index contributed by atoms with van der Waals surface area (Å²) in [5, 5.41) is 0. The molecule has 7 nitrogen and oxygen atoms in total. The predicted octanol–water partition coefficient (Wildman–Crippen LogP) is 4.24. The number of hydrogen-bond donors (Lipinski definition) is 0. The lowest BCUT2D eigenvalue weighted by Gasteiger charge is -2.05. The normalized spacial score (nSPS) is 12.1. The van der Waals surface area contributed by atoms with Gasteiger partial charge in [-0.2, -0.15) is 4.52 Å². The van der Waals surface area contributed by atoms with Gasteiger partial charge in [-0.05, 0) is 12.8 Å². The minimum atomic E-state index is 0.0717. The Labute approximate surface area is 156 Å². The maximum Gasteiger partial charge on any atom is 0.178 e. The van der Waals surface area contributed by atoms with Crippen LogP contribution in [-0.4, -0.2) is 66.1 Å². The summed E-state index contributed by atoms with van der Waals surface area (Å²) in [5.74, 6) is 0. The van der Waals surface area contributed by atoms with E-state index in [9.17, 15) is 0 Å². The highest BCUT2D eigenvalue weighted by Crippen LogP contribution is 2.20. The molecular formula is C16H35NO6P2. The van der Waals surface area contributed by atoms with Crippen molar-refractivity contribution < 1.29 is 28.0 Å². The van der Waals surface area contributed by atoms with E-state index in [1.165, 1.54) is 0 Å². The molecule has 1 unspecified atom stereocenters. The van der Waals surface area contributed by atoms with E-state index in [2.05, 4.69) is 18.4 Å². The molecule has 0 fully saturated rings. The Morgan fingerprint density at radius 2 is 1.12 bits per heavy atom. The smallest absolute Gasteiger partial charge is 0.178 e. The summed E-state index contributed by atoms with van der Waals surface area (Å²) in [6.45, 7) is 10.6. The van der Waals surface area contributed by atoms with E-state index in [1.807, 2.05) is 0 Å². The molecule has 1 atom stereocenters. The molecule has 0 aliphatic rings. The molecule has 0 heterocycles. The summed E-state index contributed by atoms with van der Waals surface area (Å²) < 4.78 is 36.2. The van der Waals surface area contributed by atoms with Crippen molar-refractivity contribution in [2.45, 2.75) is 39.5 Å². The second-order valence-corrected chi connectivity index (χ2v) is 6.80. The highest BCUT2D eigenvalue weighted by atomic mass is 31.1. The van der Waals surface area contributed by atoms with Crippen LogP contribution in [0.15, 0.2) is 4.52 Å². The maximum atomic E-state index is 5.39. The molecule has 150 valence electrons. The molecule has 0 aliphatic carbocycles. The van der Waals surface area contributed by atoms with Gasteiger partial charge in [0, 0.05) is 13.2 Å². The van der Waals surface area contributed by atoms with E-state index in [4.69, 9.17) is 28.0 Å².